The first-order valence-corrected chi connectivity index (χ1v) is 14.8. The molecule has 42 heavy (non-hydrogen) atoms. The van der Waals surface area contributed by atoms with Gasteiger partial charge >= 0.3 is 16.3 Å². The molecule has 1 saturated heterocycles. The van der Waals surface area contributed by atoms with Gasteiger partial charge in [0.15, 0.2) is 10.8 Å². The molecule has 1 aliphatic heterocycles. The molecule has 3 amide bonds. The molecule has 228 valence electrons. The van der Waals surface area contributed by atoms with Crippen molar-refractivity contribution in [2.24, 2.45) is 16.8 Å². The predicted octanol–water partition coefficient (Wildman–Crippen LogP) is -2.54. The van der Waals surface area contributed by atoms with E-state index in [0.717, 1.165) is 16.1 Å². The average Bonchev–Trinajstić information content (AvgIpc) is 3.38. The summed E-state index contributed by atoms with van der Waals surface area (Å²) in [7, 11) is -4.95. The molecule has 21 heteroatoms. The number of β-lactam (4-membered cyclic amide) rings is 1. The summed E-state index contributed by atoms with van der Waals surface area (Å²) in [4.78, 5) is 59.1. The van der Waals surface area contributed by atoms with Gasteiger partial charge in [-0.1, -0.05) is 5.16 Å². The highest BCUT2D eigenvalue weighted by atomic mass is 32.2. The minimum absolute atomic E-state index is 0.00405. The molecular formula is C21H28N10O9S2. The first kappa shape index (κ1) is 30.7. The van der Waals surface area contributed by atoms with E-state index in [1.807, 2.05) is 0 Å². The Hall–Kier alpha value is -4.21. The van der Waals surface area contributed by atoms with E-state index in [2.05, 4.69) is 31.0 Å². The highest BCUT2D eigenvalue weighted by Crippen LogP contribution is 2.40. The standard InChI is InChI=1S/C21H28N10O9S2/c22-5-1-2-15(32)24-6-11-7-26-30(28-11)9-14-12(18(34)31(14)42(37,38)39)8-25-17(33)16(13-10-41-20(23)27-13)29-40-21(3-4-21)19(35)36/h7,10,12,14H,1-6,8-9,22H2,(H2,23,27)(H,24,32)(H,25,33)(H,35,36)(H,37,38,39)/b29-16-/t12-,14+/m0/s1. The SMILES string of the molecule is NCCCC(=O)NCc1cnn(C[C@@H]2[C@H](CNC(=O)/C(=N\OC3(C(=O)O)CC3)c3csc(N)n3)C(=O)N2S(=O)(=O)O)n1. The van der Waals surface area contributed by atoms with Crippen LogP contribution in [-0.4, -0.2) is 96.5 Å². The van der Waals surface area contributed by atoms with Crippen molar-refractivity contribution >= 4 is 56.2 Å². The maximum Gasteiger partial charge on any atom is 0.362 e. The van der Waals surface area contributed by atoms with Gasteiger partial charge in [-0.05, 0) is 13.0 Å². The van der Waals surface area contributed by atoms with E-state index in [4.69, 9.17) is 16.3 Å². The molecule has 19 nitrogen and oxygen atoms in total. The third-order valence-corrected chi connectivity index (χ3v) is 8.05. The van der Waals surface area contributed by atoms with Crippen LogP contribution in [0.2, 0.25) is 0 Å². The number of carboxylic acids is 1. The second-order valence-electron chi connectivity index (χ2n) is 9.46. The molecule has 8 N–H and O–H groups in total. The van der Waals surface area contributed by atoms with Gasteiger partial charge in [0.25, 0.3) is 5.91 Å². The predicted molar refractivity (Wildman–Crippen MR) is 143 cm³/mol. The minimum atomic E-state index is -4.95. The summed E-state index contributed by atoms with van der Waals surface area (Å²) in [6.45, 7) is -0.269. The molecule has 3 heterocycles. The van der Waals surface area contributed by atoms with Crippen molar-refractivity contribution in [3.05, 3.63) is 23.0 Å². The Kier molecular flexibility index (Phi) is 9.03. The van der Waals surface area contributed by atoms with Crippen molar-refractivity contribution in [3.8, 4) is 0 Å². The maximum atomic E-state index is 13.0. The Morgan fingerprint density at radius 3 is 2.62 bits per heavy atom. The number of oxime groups is 1. The van der Waals surface area contributed by atoms with Crippen molar-refractivity contribution in [3.63, 3.8) is 0 Å². The first-order chi connectivity index (χ1) is 19.8. The number of nitrogens with zero attached hydrogens (tertiary/aromatic N) is 6. The second kappa shape index (κ2) is 12.3. The van der Waals surface area contributed by atoms with Gasteiger partial charge in [0.2, 0.25) is 17.4 Å². The zero-order valence-electron chi connectivity index (χ0n) is 21.9. The number of carbonyl (C=O) groups excluding carboxylic acids is 3. The lowest BCUT2D eigenvalue weighted by Crippen LogP contribution is -2.66. The van der Waals surface area contributed by atoms with Gasteiger partial charge in [-0.2, -0.15) is 23.4 Å². The van der Waals surface area contributed by atoms with Gasteiger partial charge in [-0.25, -0.2) is 14.1 Å². The van der Waals surface area contributed by atoms with Crippen molar-refractivity contribution in [2.75, 3.05) is 18.8 Å². The number of carbonyl (C=O) groups is 4. The Labute approximate surface area is 242 Å². The smallest absolute Gasteiger partial charge is 0.362 e. The number of nitrogen functional groups attached to an aromatic ring is 1. The molecule has 1 aliphatic carbocycles. The number of anilines is 1. The molecule has 0 unspecified atom stereocenters. The summed E-state index contributed by atoms with van der Waals surface area (Å²) >= 11 is 0.995. The summed E-state index contributed by atoms with van der Waals surface area (Å²) in [5.74, 6) is -4.50. The number of hydrogen-bond donors (Lipinski definition) is 6. The van der Waals surface area contributed by atoms with E-state index in [1.54, 1.807) is 0 Å². The number of aromatic nitrogens is 4. The maximum absolute atomic E-state index is 13.0. The third-order valence-electron chi connectivity index (χ3n) is 6.43. The molecule has 2 aromatic rings. The van der Waals surface area contributed by atoms with Crippen LogP contribution in [0.15, 0.2) is 16.7 Å². The van der Waals surface area contributed by atoms with Crippen LogP contribution in [0.1, 0.15) is 37.1 Å². The van der Waals surface area contributed by atoms with E-state index in [1.165, 1.54) is 11.6 Å². The monoisotopic (exact) mass is 628 g/mol. The van der Waals surface area contributed by atoms with Crippen LogP contribution in [-0.2, 0) is 47.4 Å². The molecule has 2 aliphatic rings. The molecule has 2 fully saturated rings. The fraction of sp³-hybridized carbons (Fsp3) is 0.524. The number of hydrogen-bond acceptors (Lipinski definition) is 14. The van der Waals surface area contributed by atoms with Gasteiger partial charge < -0.3 is 32.0 Å². The van der Waals surface area contributed by atoms with E-state index in [9.17, 15) is 37.3 Å². The second-order valence-corrected chi connectivity index (χ2v) is 11.6. The van der Waals surface area contributed by atoms with E-state index in [-0.39, 0.29) is 53.4 Å². The van der Waals surface area contributed by atoms with E-state index < -0.39 is 57.9 Å². The van der Waals surface area contributed by atoms with Crippen LogP contribution in [0, 0.1) is 5.92 Å². The van der Waals surface area contributed by atoms with E-state index in [0.29, 0.717) is 18.7 Å². The van der Waals surface area contributed by atoms with Crippen LogP contribution < -0.4 is 22.1 Å². The molecule has 4 rings (SSSR count). The van der Waals surface area contributed by atoms with Gasteiger partial charge in [0.1, 0.15) is 11.4 Å². The highest BCUT2D eigenvalue weighted by molar-refractivity contribution is 7.84. The summed E-state index contributed by atoms with van der Waals surface area (Å²) in [6, 6.07) is -1.18. The van der Waals surface area contributed by atoms with Gasteiger partial charge in [-0.15, -0.1) is 11.3 Å². The lowest BCUT2D eigenvalue weighted by molar-refractivity contribution is -0.153. The molecular weight excluding hydrogens is 600 g/mol. The van der Waals surface area contributed by atoms with Crippen LogP contribution >= 0.6 is 11.3 Å². The molecule has 2 atom stereocenters. The largest absolute Gasteiger partial charge is 0.478 e. The topological polar surface area (TPSA) is 287 Å². The number of rotatable bonds is 15. The summed E-state index contributed by atoms with van der Waals surface area (Å²) in [6.07, 6.45) is 2.46. The number of amides is 3. The zero-order valence-corrected chi connectivity index (χ0v) is 23.5. The molecule has 0 aromatic carbocycles. The number of nitrogens with two attached hydrogens (primary N) is 2. The number of carboxylic acid groups (broad SMARTS) is 1. The molecule has 0 radical (unpaired) electrons. The number of thiazole rings is 1. The quantitative estimate of drug-likeness (QED) is 0.0513. The summed E-state index contributed by atoms with van der Waals surface area (Å²) < 4.78 is 33.6. The Morgan fingerprint density at radius 1 is 1.29 bits per heavy atom. The molecule has 0 spiro atoms. The van der Waals surface area contributed by atoms with Crippen molar-refractivity contribution < 1.29 is 42.1 Å². The van der Waals surface area contributed by atoms with Crippen molar-refractivity contribution in [1.29, 1.82) is 0 Å². The average molecular weight is 629 g/mol. The molecule has 1 saturated carbocycles. The fourth-order valence-corrected chi connectivity index (χ4v) is 5.44. The van der Waals surface area contributed by atoms with E-state index >= 15 is 0 Å². The lowest BCUT2D eigenvalue weighted by Gasteiger charge is -2.43. The van der Waals surface area contributed by atoms with Crippen LogP contribution in [0.4, 0.5) is 5.13 Å². The summed E-state index contributed by atoms with van der Waals surface area (Å²) in [5.41, 5.74) is 9.42. The van der Waals surface area contributed by atoms with Gasteiger partial charge in [0, 0.05) is 31.2 Å². The molecule has 0 bridgehead atoms. The fourth-order valence-electron chi connectivity index (χ4n) is 3.97. The Bertz CT molecular complexity index is 1500. The minimum Gasteiger partial charge on any atom is -0.478 e. The third kappa shape index (κ3) is 6.98. The van der Waals surface area contributed by atoms with Crippen molar-refractivity contribution in [2.45, 2.75) is 50.4 Å². The van der Waals surface area contributed by atoms with Crippen LogP contribution in [0.5, 0.6) is 0 Å². The first-order valence-electron chi connectivity index (χ1n) is 12.5. The number of nitrogens with one attached hydrogen (secondary N) is 2. The number of aliphatic carboxylic acids is 1. The highest BCUT2D eigenvalue weighted by Gasteiger charge is 2.55. The van der Waals surface area contributed by atoms with Crippen LogP contribution in [0.25, 0.3) is 0 Å². The summed E-state index contributed by atoms with van der Waals surface area (Å²) in [5, 5.41) is 27.8. The normalized spacial score (nSPS) is 19.6. The Morgan fingerprint density at radius 2 is 2.02 bits per heavy atom. The van der Waals surface area contributed by atoms with Gasteiger partial charge in [0.05, 0.1) is 31.2 Å². The zero-order chi connectivity index (χ0) is 30.7. The molecule has 2 aromatic heterocycles. The van der Waals surface area contributed by atoms with Gasteiger partial charge in [-0.3, -0.25) is 18.9 Å². The van der Waals surface area contributed by atoms with Crippen LogP contribution in [0.3, 0.4) is 0 Å². The lowest BCUT2D eigenvalue weighted by atomic mass is 9.90. The Balaban J connectivity index is 1.44. The van der Waals surface area contributed by atoms with Crippen molar-refractivity contribution in [1.82, 2.24) is 34.9 Å².